The molecule has 4 nitrogen and oxygen atoms in total. The Morgan fingerprint density at radius 2 is 2.11 bits per heavy atom. The Morgan fingerprint density at radius 1 is 1.32 bits per heavy atom. The van der Waals surface area contributed by atoms with Crippen LogP contribution in [0.5, 0.6) is 11.5 Å². The third kappa shape index (κ3) is 2.85. The lowest BCUT2D eigenvalue weighted by Crippen LogP contribution is -2.36. The minimum Gasteiger partial charge on any atom is -0.497 e. The number of ether oxygens (including phenoxy) is 2. The zero-order chi connectivity index (χ0) is 13.8. The fraction of sp³-hybridized carbons (Fsp3) is 0.600. The lowest BCUT2D eigenvalue weighted by molar-refractivity contribution is 0.372. The first-order valence-corrected chi connectivity index (χ1v) is 6.84. The number of methoxy groups -OCH3 is 2. The van der Waals surface area contributed by atoms with Crippen molar-refractivity contribution in [2.24, 2.45) is 0 Å². The van der Waals surface area contributed by atoms with E-state index in [4.69, 9.17) is 9.47 Å². The predicted octanol–water partition coefficient (Wildman–Crippen LogP) is 2.02. The molecule has 1 aromatic rings. The van der Waals surface area contributed by atoms with Crippen LogP contribution in [0, 0.1) is 6.92 Å². The third-order valence-corrected chi connectivity index (χ3v) is 3.90. The van der Waals surface area contributed by atoms with Gasteiger partial charge >= 0.3 is 0 Å². The van der Waals surface area contributed by atoms with Crippen molar-refractivity contribution in [1.29, 1.82) is 0 Å². The highest BCUT2D eigenvalue weighted by atomic mass is 16.5. The van der Waals surface area contributed by atoms with Gasteiger partial charge in [0.2, 0.25) is 0 Å². The fourth-order valence-corrected chi connectivity index (χ4v) is 2.96. The van der Waals surface area contributed by atoms with Crippen LogP contribution in [0.4, 0.5) is 0 Å². The summed E-state index contributed by atoms with van der Waals surface area (Å²) in [6, 6.07) is 4.76. The van der Waals surface area contributed by atoms with Gasteiger partial charge in [-0.1, -0.05) is 0 Å². The lowest BCUT2D eigenvalue weighted by atomic mass is 9.93. The van der Waals surface area contributed by atoms with Gasteiger partial charge in [-0.25, -0.2) is 0 Å². The summed E-state index contributed by atoms with van der Waals surface area (Å²) in [5.74, 6) is 1.73. The molecule has 1 aliphatic rings. The van der Waals surface area contributed by atoms with Crippen LogP contribution in [0.3, 0.4) is 0 Å². The summed E-state index contributed by atoms with van der Waals surface area (Å²) in [5, 5.41) is 6.99. The number of rotatable bonds is 5. The second-order valence-corrected chi connectivity index (χ2v) is 5.03. The maximum atomic E-state index is 5.56. The van der Waals surface area contributed by atoms with Crippen LogP contribution < -0.4 is 20.1 Å². The quantitative estimate of drug-likeness (QED) is 0.854. The molecule has 0 amide bonds. The van der Waals surface area contributed by atoms with Crippen molar-refractivity contribution in [3.8, 4) is 11.5 Å². The molecule has 1 saturated heterocycles. The number of benzene rings is 1. The van der Waals surface area contributed by atoms with Crippen LogP contribution in [0.1, 0.15) is 30.0 Å². The molecule has 2 unspecified atom stereocenters. The highest BCUT2D eigenvalue weighted by Gasteiger charge is 2.28. The SMILES string of the molecule is CNC(c1c(C)cc(OC)cc1OC)C1CCCN1. The zero-order valence-electron chi connectivity index (χ0n) is 12.2. The van der Waals surface area contributed by atoms with Crippen LogP contribution in [-0.2, 0) is 0 Å². The maximum absolute atomic E-state index is 5.56. The van der Waals surface area contributed by atoms with E-state index in [9.17, 15) is 0 Å². The van der Waals surface area contributed by atoms with Gasteiger partial charge < -0.3 is 20.1 Å². The Hall–Kier alpha value is -1.26. The zero-order valence-corrected chi connectivity index (χ0v) is 12.2. The second-order valence-electron chi connectivity index (χ2n) is 5.03. The van der Waals surface area contributed by atoms with E-state index in [0.717, 1.165) is 18.0 Å². The molecule has 0 spiro atoms. The summed E-state index contributed by atoms with van der Waals surface area (Å²) in [4.78, 5) is 0. The van der Waals surface area contributed by atoms with Crippen LogP contribution in [0.25, 0.3) is 0 Å². The van der Waals surface area contributed by atoms with Crippen molar-refractivity contribution in [1.82, 2.24) is 10.6 Å². The van der Waals surface area contributed by atoms with Gasteiger partial charge in [0.15, 0.2) is 0 Å². The molecule has 4 heteroatoms. The average Bonchev–Trinajstić information content (AvgIpc) is 2.94. The van der Waals surface area contributed by atoms with Gasteiger partial charge in [-0.15, -0.1) is 0 Å². The van der Waals surface area contributed by atoms with E-state index in [1.165, 1.54) is 24.0 Å². The lowest BCUT2D eigenvalue weighted by Gasteiger charge is -2.27. The molecule has 0 bridgehead atoms. The van der Waals surface area contributed by atoms with E-state index in [2.05, 4.69) is 23.6 Å². The molecule has 1 aromatic carbocycles. The molecule has 0 radical (unpaired) electrons. The normalized spacial score (nSPS) is 20.3. The summed E-state index contributed by atoms with van der Waals surface area (Å²) < 4.78 is 10.9. The molecular weight excluding hydrogens is 240 g/mol. The molecular formula is C15H24N2O2. The number of hydrogen-bond acceptors (Lipinski definition) is 4. The molecule has 19 heavy (non-hydrogen) atoms. The van der Waals surface area contributed by atoms with Crippen molar-refractivity contribution in [3.05, 3.63) is 23.3 Å². The Labute approximate surface area is 115 Å². The van der Waals surface area contributed by atoms with Gasteiger partial charge in [0.25, 0.3) is 0 Å². The van der Waals surface area contributed by atoms with Crippen molar-refractivity contribution >= 4 is 0 Å². The van der Waals surface area contributed by atoms with Crippen molar-refractivity contribution in [2.45, 2.75) is 31.8 Å². The van der Waals surface area contributed by atoms with Crippen molar-refractivity contribution in [3.63, 3.8) is 0 Å². The molecule has 0 aromatic heterocycles. The van der Waals surface area contributed by atoms with Gasteiger partial charge in [-0.2, -0.15) is 0 Å². The average molecular weight is 264 g/mol. The Bertz CT molecular complexity index is 428. The Kier molecular flexibility index (Phi) is 4.66. The van der Waals surface area contributed by atoms with Crippen LogP contribution in [-0.4, -0.2) is 33.9 Å². The molecule has 2 N–H and O–H groups in total. The van der Waals surface area contributed by atoms with Crippen LogP contribution in [0.15, 0.2) is 12.1 Å². The molecule has 1 aliphatic heterocycles. The number of hydrogen-bond donors (Lipinski definition) is 2. The summed E-state index contributed by atoms with van der Waals surface area (Å²) in [6.45, 7) is 3.21. The minimum absolute atomic E-state index is 0.267. The maximum Gasteiger partial charge on any atom is 0.127 e. The Balaban J connectivity index is 2.40. The van der Waals surface area contributed by atoms with E-state index in [1.54, 1.807) is 14.2 Å². The van der Waals surface area contributed by atoms with Crippen LogP contribution in [0.2, 0.25) is 0 Å². The molecule has 1 fully saturated rings. The summed E-state index contributed by atoms with van der Waals surface area (Å²) in [5.41, 5.74) is 2.43. The summed E-state index contributed by atoms with van der Waals surface area (Å²) in [7, 11) is 5.41. The molecule has 2 rings (SSSR count). The van der Waals surface area contributed by atoms with Gasteiger partial charge in [-0.3, -0.25) is 0 Å². The molecule has 0 saturated carbocycles. The Morgan fingerprint density at radius 3 is 2.63 bits per heavy atom. The third-order valence-electron chi connectivity index (χ3n) is 3.90. The minimum atomic E-state index is 0.267. The first-order chi connectivity index (χ1) is 9.21. The highest BCUT2D eigenvalue weighted by Crippen LogP contribution is 2.35. The van der Waals surface area contributed by atoms with E-state index in [-0.39, 0.29) is 6.04 Å². The van der Waals surface area contributed by atoms with Crippen molar-refractivity contribution < 1.29 is 9.47 Å². The highest BCUT2D eigenvalue weighted by molar-refractivity contribution is 5.48. The van der Waals surface area contributed by atoms with E-state index < -0.39 is 0 Å². The van der Waals surface area contributed by atoms with Gasteiger partial charge in [0, 0.05) is 17.7 Å². The monoisotopic (exact) mass is 264 g/mol. The van der Waals surface area contributed by atoms with E-state index in [0.29, 0.717) is 6.04 Å². The van der Waals surface area contributed by atoms with Gasteiger partial charge in [-0.05, 0) is 45.0 Å². The number of likely N-dealkylation sites (N-methyl/N-ethyl adjacent to an activating group) is 1. The first kappa shape index (κ1) is 14.2. The summed E-state index contributed by atoms with van der Waals surface area (Å²) in [6.07, 6.45) is 2.43. The second kappa shape index (κ2) is 6.26. The number of aryl methyl sites for hydroxylation is 1. The topological polar surface area (TPSA) is 42.5 Å². The molecule has 106 valence electrons. The predicted molar refractivity (Wildman–Crippen MR) is 77.1 cm³/mol. The van der Waals surface area contributed by atoms with E-state index in [1.807, 2.05) is 13.1 Å². The summed E-state index contributed by atoms with van der Waals surface area (Å²) >= 11 is 0. The standard InChI is InChI=1S/C15H24N2O2/c1-10-8-11(18-3)9-13(19-4)14(10)15(16-2)12-6-5-7-17-12/h8-9,12,15-17H,5-7H2,1-4H3. The van der Waals surface area contributed by atoms with Crippen molar-refractivity contribution in [2.75, 3.05) is 27.8 Å². The fourth-order valence-electron chi connectivity index (χ4n) is 2.96. The van der Waals surface area contributed by atoms with E-state index >= 15 is 0 Å². The molecule has 0 aliphatic carbocycles. The smallest absolute Gasteiger partial charge is 0.127 e. The van der Waals surface area contributed by atoms with Gasteiger partial charge in [0.05, 0.1) is 20.3 Å². The molecule has 1 heterocycles. The largest absolute Gasteiger partial charge is 0.497 e. The first-order valence-electron chi connectivity index (χ1n) is 6.84. The van der Waals surface area contributed by atoms with Gasteiger partial charge in [0.1, 0.15) is 11.5 Å². The molecule has 2 atom stereocenters. The number of nitrogens with one attached hydrogen (secondary N) is 2. The van der Waals surface area contributed by atoms with Crippen LogP contribution >= 0.6 is 0 Å².